The van der Waals surface area contributed by atoms with Crippen molar-refractivity contribution < 1.29 is 4.84 Å². The topological polar surface area (TPSA) is 39.9 Å². The van der Waals surface area contributed by atoms with Crippen LogP contribution in [0.25, 0.3) is 11.0 Å². The molecular formula is C9H4Cl2IN3O. The highest BCUT2D eigenvalue weighted by Crippen LogP contribution is 2.28. The first-order valence-corrected chi connectivity index (χ1v) is 6.10. The molecule has 0 fully saturated rings. The van der Waals surface area contributed by atoms with Crippen LogP contribution < -0.4 is 4.84 Å². The molecule has 0 saturated carbocycles. The van der Waals surface area contributed by atoms with Crippen molar-refractivity contribution in [3.8, 4) is 12.3 Å². The average Bonchev–Trinajstić information content (AvgIpc) is 2.67. The monoisotopic (exact) mass is 367 g/mol. The van der Waals surface area contributed by atoms with Gasteiger partial charge >= 0.3 is 0 Å². The van der Waals surface area contributed by atoms with Crippen molar-refractivity contribution in [3.63, 3.8) is 0 Å². The van der Waals surface area contributed by atoms with Gasteiger partial charge in [-0.2, -0.15) is 0 Å². The summed E-state index contributed by atoms with van der Waals surface area (Å²) in [5, 5.41) is 8.42. The lowest BCUT2D eigenvalue weighted by molar-refractivity contribution is 0.104. The van der Waals surface area contributed by atoms with Gasteiger partial charge in [0.05, 0.1) is 10.0 Å². The smallest absolute Gasteiger partial charge is 0.236 e. The van der Waals surface area contributed by atoms with E-state index in [1.807, 2.05) is 22.6 Å². The Morgan fingerprint density at radius 1 is 1.50 bits per heavy atom. The maximum atomic E-state index is 5.96. The zero-order chi connectivity index (χ0) is 11.7. The minimum atomic E-state index is -0.433. The molecule has 0 aliphatic heterocycles. The molecule has 0 aliphatic rings. The van der Waals surface area contributed by atoms with Crippen LogP contribution in [0.3, 0.4) is 0 Å². The molecule has 0 bridgehead atoms. The van der Waals surface area contributed by atoms with Crippen molar-refractivity contribution in [1.29, 1.82) is 0 Å². The Balaban J connectivity index is 2.51. The summed E-state index contributed by atoms with van der Waals surface area (Å²) in [6.07, 6.45) is 5.20. The predicted molar refractivity (Wildman–Crippen MR) is 70.8 cm³/mol. The standard InChI is InChI=1S/C9H4Cl2IN3O/c1-2-7(12)16-15-6-4-3-5(10)8(11)9(6)13-14-15/h1,3-4,7H. The molecule has 1 unspecified atom stereocenters. The highest BCUT2D eigenvalue weighted by Gasteiger charge is 2.13. The van der Waals surface area contributed by atoms with E-state index in [0.717, 1.165) is 0 Å². The number of hydrogen-bond acceptors (Lipinski definition) is 3. The van der Waals surface area contributed by atoms with E-state index < -0.39 is 4.11 Å². The van der Waals surface area contributed by atoms with Gasteiger partial charge in [-0.05, 0) is 45.9 Å². The molecule has 7 heteroatoms. The molecule has 0 amide bonds. The van der Waals surface area contributed by atoms with Gasteiger partial charge in [0.1, 0.15) is 11.0 Å². The van der Waals surface area contributed by atoms with Crippen LogP contribution in [0.5, 0.6) is 0 Å². The fourth-order valence-electron chi connectivity index (χ4n) is 1.11. The van der Waals surface area contributed by atoms with Crippen LogP contribution in [0.1, 0.15) is 0 Å². The van der Waals surface area contributed by atoms with Crippen LogP contribution in [0.4, 0.5) is 0 Å². The molecule has 2 aromatic rings. The van der Waals surface area contributed by atoms with Gasteiger partial charge in [0.2, 0.25) is 4.11 Å². The molecule has 1 aromatic heterocycles. The summed E-state index contributed by atoms with van der Waals surface area (Å²) < 4.78 is -0.433. The number of halogens is 3. The third-order valence-corrected chi connectivity index (χ3v) is 3.18. The number of rotatable bonds is 2. The van der Waals surface area contributed by atoms with Gasteiger partial charge < -0.3 is 4.84 Å². The Morgan fingerprint density at radius 2 is 2.25 bits per heavy atom. The van der Waals surface area contributed by atoms with Gasteiger partial charge in [0, 0.05) is 0 Å². The van der Waals surface area contributed by atoms with Crippen LogP contribution in [-0.4, -0.2) is 19.3 Å². The molecule has 82 valence electrons. The van der Waals surface area contributed by atoms with E-state index in [1.54, 1.807) is 12.1 Å². The van der Waals surface area contributed by atoms with Gasteiger partial charge in [-0.3, -0.25) is 0 Å². The maximum Gasteiger partial charge on any atom is 0.236 e. The molecule has 1 heterocycles. The quantitative estimate of drug-likeness (QED) is 0.465. The van der Waals surface area contributed by atoms with Crippen LogP contribution >= 0.6 is 45.8 Å². The molecule has 0 spiro atoms. The van der Waals surface area contributed by atoms with Crippen molar-refractivity contribution in [2.45, 2.75) is 4.11 Å². The minimum Gasteiger partial charge on any atom is -0.368 e. The molecule has 16 heavy (non-hydrogen) atoms. The van der Waals surface area contributed by atoms with E-state index in [1.165, 1.54) is 4.85 Å². The Labute approximate surface area is 115 Å². The summed E-state index contributed by atoms with van der Waals surface area (Å²) in [6, 6.07) is 3.36. The Morgan fingerprint density at radius 3 is 2.94 bits per heavy atom. The first-order chi connectivity index (χ1) is 7.63. The van der Waals surface area contributed by atoms with Crippen LogP contribution in [-0.2, 0) is 0 Å². The van der Waals surface area contributed by atoms with Crippen molar-refractivity contribution in [3.05, 3.63) is 22.2 Å². The first-order valence-electron chi connectivity index (χ1n) is 4.10. The summed E-state index contributed by atoms with van der Waals surface area (Å²) in [6.45, 7) is 0. The lowest BCUT2D eigenvalue weighted by Crippen LogP contribution is -2.19. The molecule has 2 rings (SSSR count). The fraction of sp³-hybridized carbons (Fsp3) is 0.111. The number of fused-ring (bicyclic) bond motifs is 1. The van der Waals surface area contributed by atoms with Crippen molar-refractivity contribution in [1.82, 2.24) is 15.2 Å². The van der Waals surface area contributed by atoms with Gasteiger partial charge in [-0.25, -0.2) is 0 Å². The first kappa shape index (κ1) is 11.8. The van der Waals surface area contributed by atoms with E-state index in [4.69, 9.17) is 34.5 Å². The minimum absolute atomic E-state index is 0.347. The van der Waals surface area contributed by atoms with Gasteiger partial charge in [-0.15, -0.1) is 11.5 Å². The summed E-state index contributed by atoms with van der Waals surface area (Å²) in [5.41, 5.74) is 1.10. The van der Waals surface area contributed by atoms with Gasteiger partial charge in [-0.1, -0.05) is 28.0 Å². The van der Waals surface area contributed by atoms with Crippen molar-refractivity contribution in [2.24, 2.45) is 0 Å². The molecule has 0 saturated heterocycles. The van der Waals surface area contributed by atoms with Crippen LogP contribution in [0.2, 0.25) is 10.0 Å². The van der Waals surface area contributed by atoms with Crippen LogP contribution in [0.15, 0.2) is 12.1 Å². The largest absolute Gasteiger partial charge is 0.368 e. The van der Waals surface area contributed by atoms with Gasteiger partial charge in [0.25, 0.3) is 0 Å². The SMILES string of the molecule is C#CC(I)On1nnc2c(Cl)c(Cl)ccc21. The highest BCUT2D eigenvalue weighted by atomic mass is 127. The molecule has 1 aromatic carbocycles. The normalized spacial score (nSPS) is 12.4. The maximum absolute atomic E-state index is 5.96. The van der Waals surface area contributed by atoms with E-state index in [2.05, 4.69) is 16.2 Å². The van der Waals surface area contributed by atoms with E-state index in [-0.39, 0.29) is 0 Å². The van der Waals surface area contributed by atoms with E-state index in [9.17, 15) is 0 Å². The summed E-state index contributed by atoms with van der Waals surface area (Å²) in [4.78, 5) is 6.53. The van der Waals surface area contributed by atoms with E-state index >= 15 is 0 Å². The molecular weight excluding hydrogens is 364 g/mol. The summed E-state index contributed by atoms with van der Waals surface area (Å²) in [5.74, 6) is 2.41. The lowest BCUT2D eigenvalue weighted by Gasteiger charge is -2.05. The average molecular weight is 368 g/mol. The van der Waals surface area contributed by atoms with Crippen molar-refractivity contribution in [2.75, 3.05) is 0 Å². The molecule has 0 radical (unpaired) electrons. The number of terminal acetylenes is 1. The molecule has 4 nitrogen and oxygen atoms in total. The second-order valence-electron chi connectivity index (χ2n) is 2.78. The third kappa shape index (κ3) is 2.05. The summed E-state index contributed by atoms with van der Waals surface area (Å²) >= 11 is 13.8. The molecule has 1 atom stereocenters. The summed E-state index contributed by atoms with van der Waals surface area (Å²) in [7, 11) is 0. The number of benzene rings is 1. The Kier molecular flexibility index (Phi) is 3.42. The predicted octanol–water partition coefficient (Wildman–Crippen LogP) is 2.56. The van der Waals surface area contributed by atoms with Crippen molar-refractivity contribution >= 4 is 56.8 Å². The van der Waals surface area contributed by atoms with Crippen LogP contribution in [0, 0.1) is 12.3 Å². The number of nitrogens with zero attached hydrogens (tertiary/aromatic N) is 3. The molecule has 0 aliphatic carbocycles. The number of alkyl halides is 1. The highest BCUT2D eigenvalue weighted by molar-refractivity contribution is 14.1. The Bertz CT molecular complexity index is 578. The lowest BCUT2D eigenvalue weighted by atomic mass is 10.3. The second kappa shape index (κ2) is 4.65. The second-order valence-corrected chi connectivity index (χ2v) is 4.70. The molecule has 0 N–H and O–H groups in total. The zero-order valence-corrected chi connectivity index (χ0v) is 11.4. The fourth-order valence-corrected chi connectivity index (χ4v) is 1.67. The number of aromatic nitrogens is 3. The number of hydrogen-bond donors (Lipinski definition) is 0. The van der Waals surface area contributed by atoms with E-state index in [0.29, 0.717) is 21.1 Å². The Hall–Kier alpha value is -0.710. The van der Waals surface area contributed by atoms with Gasteiger partial charge in [0.15, 0.2) is 0 Å². The zero-order valence-electron chi connectivity index (χ0n) is 7.69. The third-order valence-electron chi connectivity index (χ3n) is 1.80.